The first-order chi connectivity index (χ1) is 7.88. The Morgan fingerprint density at radius 1 is 1.41 bits per heavy atom. The highest BCUT2D eigenvalue weighted by Gasteiger charge is 2.48. The highest BCUT2D eigenvalue weighted by Crippen LogP contribution is 2.18. The molecule has 1 aromatic heterocycles. The van der Waals surface area contributed by atoms with Crippen molar-refractivity contribution in [2.24, 2.45) is 0 Å². The number of rotatable bonds is 5. The molecule has 8 heteroatoms. The molecule has 0 unspecified atom stereocenters. The molecule has 0 saturated carbocycles. The number of hydrogen-bond acceptors (Lipinski definition) is 5. The van der Waals surface area contributed by atoms with Gasteiger partial charge in [-0.1, -0.05) is 0 Å². The van der Waals surface area contributed by atoms with Crippen molar-refractivity contribution in [2.75, 3.05) is 0 Å². The zero-order valence-electron chi connectivity index (χ0n) is 8.84. The van der Waals surface area contributed by atoms with Crippen molar-refractivity contribution in [1.29, 1.82) is 0 Å². The largest absolute Gasteiger partial charge is 0.479 e. The average molecular weight is 258 g/mol. The van der Waals surface area contributed by atoms with E-state index >= 15 is 0 Å². The van der Waals surface area contributed by atoms with E-state index in [2.05, 4.69) is 4.98 Å². The predicted molar refractivity (Wildman–Crippen MR) is 57.6 cm³/mol. The third-order valence-corrected chi connectivity index (χ3v) is 2.82. The summed E-state index contributed by atoms with van der Waals surface area (Å²) >= 11 is 1.12. The van der Waals surface area contributed by atoms with Crippen LogP contribution in [-0.4, -0.2) is 38.6 Å². The number of carbonyl (C=O) groups is 3. The minimum absolute atomic E-state index is 0.345. The summed E-state index contributed by atoms with van der Waals surface area (Å²) in [4.78, 5) is 37.4. The Kier molecular flexibility index (Phi) is 3.79. The van der Waals surface area contributed by atoms with Gasteiger partial charge in [0.15, 0.2) is 0 Å². The first-order valence-corrected chi connectivity index (χ1v) is 5.39. The second kappa shape index (κ2) is 4.91. The van der Waals surface area contributed by atoms with Crippen molar-refractivity contribution in [1.82, 2.24) is 10.3 Å². The number of carboxylic acid groups (broad SMARTS) is 2. The highest BCUT2D eigenvalue weighted by atomic mass is 32.1. The maximum absolute atomic E-state index is 11.1. The fourth-order valence-corrected chi connectivity index (χ4v) is 1.96. The molecule has 0 aliphatic rings. The molecule has 0 spiro atoms. The lowest BCUT2D eigenvalue weighted by molar-refractivity contribution is -0.161. The van der Waals surface area contributed by atoms with Gasteiger partial charge in [0, 0.05) is 24.4 Å². The normalized spacial score (nSPS) is 10.9. The molecule has 1 heterocycles. The van der Waals surface area contributed by atoms with Crippen molar-refractivity contribution in [2.45, 2.75) is 18.9 Å². The van der Waals surface area contributed by atoms with Crippen molar-refractivity contribution in [3.8, 4) is 0 Å². The number of nitrogens with zero attached hydrogens (tertiary/aromatic N) is 1. The number of nitrogens with one attached hydrogen (secondary N) is 1. The Bertz CT molecular complexity index is 428. The van der Waals surface area contributed by atoms with Gasteiger partial charge in [0.25, 0.3) is 0 Å². The molecular formula is C9H10N2O5S. The number of aromatic nitrogens is 1. The predicted octanol–water partition coefficient (Wildman–Crippen LogP) is -0.270. The molecule has 0 aliphatic carbocycles. The van der Waals surface area contributed by atoms with Gasteiger partial charge in [-0.15, -0.1) is 11.3 Å². The number of carbonyl (C=O) groups excluding carboxylic acids is 1. The fraction of sp³-hybridized carbons (Fsp3) is 0.333. The lowest BCUT2D eigenvalue weighted by Crippen LogP contribution is -2.61. The van der Waals surface area contributed by atoms with E-state index in [9.17, 15) is 14.4 Å². The Morgan fingerprint density at radius 2 is 2.00 bits per heavy atom. The second-order valence-corrected chi connectivity index (χ2v) is 4.31. The van der Waals surface area contributed by atoms with E-state index in [-0.39, 0.29) is 6.42 Å². The number of hydrogen-bond donors (Lipinski definition) is 3. The molecule has 0 fully saturated rings. The number of aliphatic carboxylic acids is 2. The molecule has 3 N–H and O–H groups in total. The topological polar surface area (TPSA) is 117 Å². The summed E-state index contributed by atoms with van der Waals surface area (Å²) in [5.41, 5.74) is -0.893. The number of thiazole rings is 1. The summed E-state index contributed by atoms with van der Waals surface area (Å²) in [5, 5.41) is 20.0. The van der Waals surface area contributed by atoms with E-state index in [0.29, 0.717) is 4.88 Å². The van der Waals surface area contributed by atoms with Crippen LogP contribution in [0.15, 0.2) is 11.7 Å². The van der Waals surface area contributed by atoms with Crippen LogP contribution in [-0.2, 0) is 20.8 Å². The van der Waals surface area contributed by atoms with Gasteiger partial charge < -0.3 is 15.5 Å². The lowest BCUT2D eigenvalue weighted by atomic mass is 9.94. The highest BCUT2D eigenvalue weighted by molar-refractivity contribution is 7.09. The van der Waals surface area contributed by atoms with Crippen LogP contribution in [0.5, 0.6) is 0 Å². The van der Waals surface area contributed by atoms with E-state index in [4.69, 9.17) is 10.2 Å². The van der Waals surface area contributed by atoms with E-state index in [1.807, 2.05) is 5.32 Å². The summed E-state index contributed by atoms with van der Waals surface area (Å²) < 4.78 is 0. The van der Waals surface area contributed by atoms with E-state index < -0.39 is 23.4 Å². The molecule has 0 aliphatic heterocycles. The van der Waals surface area contributed by atoms with Crippen LogP contribution in [0.1, 0.15) is 11.8 Å². The molecule has 7 nitrogen and oxygen atoms in total. The van der Waals surface area contributed by atoms with E-state index in [1.54, 1.807) is 0 Å². The second-order valence-electron chi connectivity index (χ2n) is 3.34. The standard InChI is InChI=1S/C9H10N2O5S/c1-5(12)11-9(7(13)14,8(15)16)2-6-3-10-4-17-6/h3-4H,2H2,1H3,(H,11,12)(H,13,14)(H,15,16). The fourth-order valence-electron chi connectivity index (χ4n) is 1.29. The number of amides is 1. The Hall–Kier alpha value is -1.96. The van der Waals surface area contributed by atoms with Gasteiger partial charge in [0.05, 0.1) is 5.51 Å². The van der Waals surface area contributed by atoms with Crippen LogP contribution in [0.4, 0.5) is 0 Å². The van der Waals surface area contributed by atoms with Crippen LogP contribution in [0.2, 0.25) is 0 Å². The van der Waals surface area contributed by atoms with Gasteiger partial charge in [-0.25, -0.2) is 9.59 Å². The summed E-state index contributed by atoms with van der Waals surface area (Å²) in [6.45, 7) is 1.06. The third kappa shape index (κ3) is 2.78. The molecule has 0 atom stereocenters. The maximum atomic E-state index is 11.1. The van der Waals surface area contributed by atoms with Crippen LogP contribution in [0.3, 0.4) is 0 Å². The maximum Gasteiger partial charge on any atom is 0.341 e. The van der Waals surface area contributed by atoms with Gasteiger partial charge in [-0.05, 0) is 0 Å². The molecule has 0 radical (unpaired) electrons. The van der Waals surface area contributed by atoms with Gasteiger partial charge in [-0.2, -0.15) is 0 Å². The Morgan fingerprint density at radius 3 is 2.35 bits per heavy atom. The molecule has 0 aromatic carbocycles. The van der Waals surface area contributed by atoms with Gasteiger partial charge in [-0.3, -0.25) is 9.78 Å². The molecule has 1 amide bonds. The summed E-state index contributed by atoms with van der Waals surface area (Å²) in [7, 11) is 0. The molecule has 17 heavy (non-hydrogen) atoms. The van der Waals surface area contributed by atoms with Crippen molar-refractivity contribution >= 4 is 29.2 Å². The molecule has 0 saturated heterocycles. The van der Waals surface area contributed by atoms with E-state index in [1.165, 1.54) is 11.7 Å². The monoisotopic (exact) mass is 258 g/mol. The molecule has 0 bridgehead atoms. The minimum atomic E-state index is -2.35. The average Bonchev–Trinajstić information content (AvgIpc) is 2.67. The van der Waals surface area contributed by atoms with Crippen molar-refractivity contribution in [3.05, 3.63) is 16.6 Å². The third-order valence-electron chi connectivity index (χ3n) is 2.04. The minimum Gasteiger partial charge on any atom is -0.479 e. The first kappa shape index (κ1) is 13.1. The smallest absolute Gasteiger partial charge is 0.341 e. The van der Waals surface area contributed by atoms with Crippen molar-refractivity contribution < 1.29 is 24.6 Å². The van der Waals surface area contributed by atoms with Crippen molar-refractivity contribution in [3.63, 3.8) is 0 Å². The Balaban J connectivity index is 3.10. The molecule has 1 rings (SSSR count). The molecule has 1 aromatic rings. The summed E-state index contributed by atoms with van der Waals surface area (Å²) in [5.74, 6) is -3.96. The molecular weight excluding hydrogens is 248 g/mol. The van der Waals surface area contributed by atoms with E-state index in [0.717, 1.165) is 18.3 Å². The van der Waals surface area contributed by atoms with Crippen LogP contribution < -0.4 is 5.32 Å². The van der Waals surface area contributed by atoms with Crippen LogP contribution in [0.25, 0.3) is 0 Å². The van der Waals surface area contributed by atoms with Crippen LogP contribution in [0, 0.1) is 0 Å². The summed E-state index contributed by atoms with van der Waals surface area (Å²) in [6.07, 6.45) is 1.02. The summed E-state index contributed by atoms with van der Waals surface area (Å²) in [6, 6.07) is 0. The molecule has 92 valence electrons. The van der Waals surface area contributed by atoms with Gasteiger partial charge in [0.1, 0.15) is 0 Å². The van der Waals surface area contributed by atoms with Gasteiger partial charge >= 0.3 is 11.9 Å². The number of carboxylic acids is 2. The van der Waals surface area contributed by atoms with Gasteiger partial charge in [0.2, 0.25) is 11.4 Å². The first-order valence-electron chi connectivity index (χ1n) is 4.51. The zero-order valence-corrected chi connectivity index (χ0v) is 9.65. The zero-order chi connectivity index (χ0) is 13.1. The quantitative estimate of drug-likeness (QED) is 0.626. The lowest BCUT2D eigenvalue weighted by Gasteiger charge is -2.24. The van der Waals surface area contributed by atoms with Crippen LogP contribution >= 0.6 is 11.3 Å². The Labute approximate surface area is 100 Å². The SMILES string of the molecule is CC(=O)NC(Cc1cncs1)(C(=O)O)C(=O)O.